The van der Waals surface area contributed by atoms with Gasteiger partial charge in [0.15, 0.2) is 16.6 Å². The molecule has 1 fully saturated rings. The number of ketones is 1. The van der Waals surface area contributed by atoms with Crippen molar-refractivity contribution in [3.63, 3.8) is 0 Å². The molecule has 1 saturated heterocycles. The molecule has 0 radical (unpaired) electrons. The number of benzene rings is 3. The average Bonchev–Trinajstić information content (AvgIpc) is 3.68. The summed E-state index contributed by atoms with van der Waals surface area (Å²) in [6, 6.07) is 15.1. The number of nitrogens with zero attached hydrogens (tertiary/aromatic N) is 2. The van der Waals surface area contributed by atoms with Gasteiger partial charge < -0.3 is 24.1 Å². The number of Topliss-reactive ketones (excluding diaryl/α,β-unsaturated/α-hetero) is 1. The number of anilines is 1. The molecule has 0 saturated carbocycles. The summed E-state index contributed by atoms with van der Waals surface area (Å²) in [5.41, 5.74) is 2.55. The van der Waals surface area contributed by atoms with Gasteiger partial charge in [0.25, 0.3) is 5.78 Å². The molecule has 1 aromatic heterocycles. The quantitative estimate of drug-likeness (QED) is 0.101. The number of carbonyl (C=O) groups is 2. The zero-order chi connectivity index (χ0) is 30.2. The molecular formula is C33H32N2O7S. The fourth-order valence-corrected chi connectivity index (χ4v) is 6.51. The number of aromatic nitrogens is 1. The lowest BCUT2D eigenvalue weighted by Crippen LogP contribution is -2.29. The van der Waals surface area contributed by atoms with Crippen LogP contribution in [0.2, 0.25) is 0 Å². The van der Waals surface area contributed by atoms with Gasteiger partial charge in [0.2, 0.25) is 0 Å². The molecule has 0 bridgehead atoms. The smallest absolute Gasteiger partial charge is 0.301 e. The Hall–Kier alpha value is -4.57. The van der Waals surface area contributed by atoms with Crippen LogP contribution in [0, 0.1) is 0 Å². The van der Waals surface area contributed by atoms with Crippen molar-refractivity contribution in [3.05, 3.63) is 76.9 Å². The minimum atomic E-state index is -0.968. The Morgan fingerprint density at radius 1 is 1.07 bits per heavy atom. The van der Waals surface area contributed by atoms with Gasteiger partial charge in [-0.25, -0.2) is 4.98 Å². The number of amides is 1. The van der Waals surface area contributed by atoms with Crippen molar-refractivity contribution in [2.45, 2.75) is 45.3 Å². The highest BCUT2D eigenvalue weighted by molar-refractivity contribution is 7.22. The summed E-state index contributed by atoms with van der Waals surface area (Å²) in [5.74, 6) is 0.560. The Balaban J connectivity index is 1.50. The second-order valence-corrected chi connectivity index (χ2v) is 11.6. The summed E-state index contributed by atoms with van der Waals surface area (Å²) in [5, 5.41) is 12.0. The Morgan fingerprint density at radius 2 is 1.91 bits per heavy atom. The number of hydrogen-bond acceptors (Lipinski definition) is 9. The molecule has 2 atom stereocenters. The van der Waals surface area contributed by atoms with Gasteiger partial charge in [-0.3, -0.25) is 14.5 Å². The topological polar surface area (TPSA) is 107 Å². The first-order valence-electron chi connectivity index (χ1n) is 14.2. The van der Waals surface area contributed by atoms with Gasteiger partial charge in [0.05, 0.1) is 42.7 Å². The van der Waals surface area contributed by atoms with Crippen molar-refractivity contribution in [3.8, 4) is 23.0 Å². The lowest BCUT2D eigenvalue weighted by atomic mass is 9.94. The maximum atomic E-state index is 13.8. The van der Waals surface area contributed by atoms with Crippen LogP contribution >= 0.6 is 11.3 Å². The Morgan fingerprint density at radius 3 is 2.67 bits per heavy atom. The van der Waals surface area contributed by atoms with Crippen LogP contribution < -0.4 is 23.8 Å². The SMILES string of the molecule is CCCCOc1ccc([C@@H]2/C(=C(\O)c3ccc4c(c3)C[C@@H](C)O4)C(=O)C(=O)N2c2nc3ccc(OC)cc3s2)cc1OC. The van der Waals surface area contributed by atoms with Gasteiger partial charge in [0, 0.05) is 12.0 Å². The predicted octanol–water partition coefficient (Wildman–Crippen LogP) is 6.44. The highest BCUT2D eigenvalue weighted by Gasteiger charge is 2.48. The minimum Gasteiger partial charge on any atom is -0.507 e. The second kappa shape index (κ2) is 11.6. The van der Waals surface area contributed by atoms with E-state index in [4.69, 9.17) is 23.9 Å². The van der Waals surface area contributed by atoms with Crippen molar-refractivity contribution in [1.82, 2.24) is 4.98 Å². The average molecular weight is 601 g/mol. The lowest BCUT2D eigenvalue weighted by Gasteiger charge is -2.24. The molecule has 10 heteroatoms. The van der Waals surface area contributed by atoms with Crippen molar-refractivity contribution in [2.75, 3.05) is 25.7 Å². The third-order valence-electron chi connectivity index (χ3n) is 7.66. The fraction of sp³-hybridized carbons (Fsp3) is 0.303. The summed E-state index contributed by atoms with van der Waals surface area (Å²) < 4.78 is 23.6. The first kappa shape index (κ1) is 28.5. The van der Waals surface area contributed by atoms with Crippen molar-refractivity contribution < 1.29 is 33.6 Å². The van der Waals surface area contributed by atoms with E-state index in [1.54, 1.807) is 49.6 Å². The van der Waals surface area contributed by atoms with E-state index in [9.17, 15) is 14.7 Å². The van der Waals surface area contributed by atoms with Gasteiger partial charge in [0.1, 0.15) is 23.4 Å². The Labute approximate surface area is 253 Å². The second-order valence-electron chi connectivity index (χ2n) is 10.6. The number of ether oxygens (including phenoxy) is 4. The number of carbonyl (C=O) groups excluding carboxylic acids is 2. The summed E-state index contributed by atoms with van der Waals surface area (Å²) >= 11 is 1.27. The number of aliphatic hydroxyl groups is 1. The van der Waals surface area contributed by atoms with E-state index in [0.29, 0.717) is 52.1 Å². The summed E-state index contributed by atoms with van der Waals surface area (Å²) in [7, 11) is 3.12. The standard InChI is InChI=1S/C33H32N2O7S/c1-5-6-13-41-25-12-7-19(16-26(25)40-4)29-28(30(36)20-8-11-24-21(15-20)14-18(2)42-24)31(37)32(38)35(29)33-34-23-10-9-22(39-3)17-27(23)43-33/h7-12,15-18,29,36H,5-6,13-14H2,1-4H3/b30-28+/t18-,29-/m1/s1. The highest BCUT2D eigenvalue weighted by Crippen LogP contribution is 2.46. The molecule has 0 spiro atoms. The molecule has 6 rings (SSSR count). The molecule has 222 valence electrons. The normalized spacial score (nSPS) is 19.0. The van der Waals surface area contributed by atoms with E-state index in [0.717, 1.165) is 28.9 Å². The lowest BCUT2D eigenvalue weighted by molar-refractivity contribution is -0.132. The van der Waals surface area contributed by atoms with Gasteiger partial charge >= 0.3 is 5.91 Å². The van der Waals surface area contributed by atoms with Crippen LogP contribution in [-0.4, -0.2) is 48.7 Å². The van der Waals surface area contributed by atoms with Gasteiger partial charge in [-0.15, -0.1) is 0 Å². The van der Waals surface area contributed by atoms with E-state index < -0.39 is 17.7 Å². The number of fused-ring (bicyclic) bond motifs is 2. The molecule has 4 aromatic rings. The molecule has 0 unspecified atom stereocenters. The zero-order valence-corrected chi connectivity index (χ0v) is 25.2. The zero-order valence-electron chi connectivity index (χ0n) is 24.4. The van der Waals surface area contributed by atoms with E-state index in [-0.39, 0.29) is 17.4 Å². The Kier molecular flexibility index (Phi) is 7.70. The van der Waals surface area contributed by atoms with Crippen molar-refractivity contribution in [1.29, 1.82) is 0 Å². The third kappa shape index (κ3) is 5.16. The number of thiazole rings is 1. The number of hydrogen-bond donors (Lipinski definition) is 1. The Bertz CT molecular complexity index is 1760. The summed E-state index contributed by atoms with van der Waals surface area (Å²) in [6.07, 6.45) is 2.57. The third-order valence-corrected chi connectivity index (χ3v) is 8.68. The summed E-state index contributed by atoms with van der Waals surface area (Å²) in [4.78, 5) is 33.6. The molecule has 0 aliphatic carbocycles. The van der Waals surface area contributed by atoms with Gasteiger partial charge in [-0.2, -0.15) is 0 Å². The number of unbranched alkanes of at least 4 members (excludes halogenated alkanes) is 1. The van der Waals surface area contributed by atoms with Crippen LogP contribution in [0.5, 0.6) is 23.0 Å². The molecule has 2 aliphatic heterocycles. The molecule has 9 nitrogen and oxygen atoms in total. The molecule has 1 amide bonds. The van der Waals surface area contributed by atoms with Crippen LogP contribution in [0.3, 0.4) is 0 Å². The van der Waals surface area contributed by atoms with Crippen LogP contribution in [-0.2, 0) is 16.0 Å². The maximum absolute atomic E-state index is 13.8. The van der Waals surface area contributed by atoms with Gasteiger partial charge in [-0.05, 0) is 73.0 Å². The van der Waals surface area contributed by atoms with E-state index in [2.05, 4.69) is 6.92 Å². The number of aliphatic hydroxyl groups excluding tert-OH is 1. The van der Waals surface area contributed by atoms with Crippen molar-refractivity contribution >= 4 is 44.1 Å². The van der Waals surface area contributed by atoms with Crippen LogP contribution in [0.15, 0.2) is 60.2 Å². The van der Waals surface area contributed by atoms with Crippen LogP contribution in [0.1, 0.15) is 49.4 Å². The van der Waals surface area contributed by atoms with Gasteiger partial charge in [-0.1, -0.05) is 30.7 Å². The first-order chi connectivity index (χ1) is 20.8. The largest absolute Gasteiger partial charge is 0.507 e. The number of methoxy groups -OCH3 is 2. The fourth-order valence-electron chi connectivity index (χ4n) is 5.49. The maximum Gasteiger partial charge on any atom is 0.301 e. The number of rotatable bonds is 9. The van der Waals surface area contributed by atoms with E-state index in [1.165, 1.54) is 23.3 Å². The molecule has 2 aliphatic rings. The first-order valence-corrected chi connectivity index (χ1v) is 15.0. The van der Waals surface area contributed by atoms with E-state index >= 15 is 0 Å². The molecule has 43 heavy (non-hydrogen) atoms. The predicted molar refractivity (Wildman–Crippen MR) is 165 cm³/mol. The summed E-state index contributed by atoms with van der Waals surface area (Å²) in [6.45, 7) is 4.58. The molecule has 1 N–H and O–H groups in total. The van der Waals surface area contributed by atoms with Crippen LogP contribution in [0.4, 0.5) is 5.13 Å². The monoisotopic (exact) mass is 600 g/mol. The highest BCUT2D eigenvalue weighted by atomic mass is 32.1. The molecular weight excluding hydrogens is 568 g/mol. The van der Waals surface area contributed by atoms with Crippen LogP contribution in [0.25, 0.3) is 16.0 Å². The molecule has 3 heterocycles. The minimum absolute atomic E-state index is 0.0150. The molecule has 3 aromatic carbocycles. The van der Waals surface area contributed by atoms with E-state index in [1.807, 2.05) is 19.1 Å². The van der Waals surface area contributed by atoms with Crippen molar-refractivity contribution in [2.24, 2.45) is 0 Å².